The van der Waals surface area contributed by atoms with Gasteiger partial charge < -0.3 is 15.5 Å². The number of aliphatic hydroxyl groups excluding tert-OH is 2. The van der Waals surface area contributed by atoms with Crippen LogP contribution in [-0.2, 0) is 13.2 Å². The highest BCUT2D eigenvalue weighted by Gasteiger charge is 2.23. The molecule has 0 saturated carbocycles. The van der Waals surface area contributed by atoms with Gasteiger partial charge in [0.1, 0.15) is 0 Å². The Morgan fingerprint density at radius 3 is 2.05 bits per heavy atom. The molecule has 0 aliphatic heterocycles. The van der Waals surface area contributed by atoms with Gasteiger partial charge in [-0.15, -0.1) is 0 Å². The summed E-state index contributed by atoms with van der Waals surface area (Å²) < 4.78 is 0. The van der Waals surface area contributed by atoms with Crippen LogP contribution in [0.15, 0.2) is 54.6 Å². The van der Waals surface area contributed by atoms with Crippen LogP contribution in [0.1, 0.15) is 36.6 Å². The Morgan fingerprint density at radius 2 is 1.50 bits per heavy atom. The van der Waals surface area contributed by atoms with E-state index in [0.29, 0.717) is 12.5 Å². The summed E-state index contributed by atoms with van der Waals surface area (Å²) in [7, 11) is 0. The van der Waals surface area contributed by atoms with E-state index in [1.54, 1.807) is 0 Å². The summed E-state index contributed by atoms with van der Waals surface area (Å²) >= 11 is 0. The maximum absolute atomic E-state index is 10.6. The smallest absolute Gasteiger partial charge is 0.0945 e. The molecule has 3 nitrogen and oxygen atoms in total. The molecule has 0 amide bonds. The topological polar surface area (TPSA) is 52.5 Å². The van der Waals surface area contributed by atoms with Crippen LogP contribution < -0.4 is 5.32 Å². The zero-order valence-corrected chi connectivity index (χ0v) is 13.2. The molecule has 3 heteroatoms. The zero-order chi connectivity index (χ0) is 15.9. The van der Waals surface area contributed by atoms with E-state index in [4.69, 9.17) is 5.11 Å². The Balaban J connectivity index is 2.02. The second-order valence-electron chi connectivity index (χ2n) is 5.98. The second kappa shape index (κ2) is 8.08. The molecule has 2 aromatic carbocycles. The van der Waals surface area contributed by atoms with Crippen LogP contribution in [0.4, 0.5) is 0 Å². The largest absolute Gasteiger partial charge is 0.392 e. The SMILES string of the molecule is CC(C)C(NCc1ccc(CO)cc1)C(O)c1ccccc1. The monoisotopic (exact) mass is 299 g/mol. The summed E-state index contributed by atoms with van der Waals surface area (Å²) in [5.41, 5.74) is 2.99. The van der Waals surface area contributed by atoms with Crippen molar-refractivity contribution in [1.29, 1.82) is 0 Å². The first-order chi connectivity index (χ1) is 10.6. The molecule has 2 aromatic rings. The van der Waals surface area contributed by atoms with E-state index in [0.717, 1.165) is 16.7 Å². The van der Waals surface area contributed by atoms with Crippen molar-refractivity contribution in [3.05, 3.63) is 71.3 Å². The van der Waals surface area contributed by atoms with Crippen LogP contribution in [0.3, 0.4) is 0 Å². The van der Waals surface area contributed by atoms with E-state index in [9.17, 15) is 5.11 Å². The maximum Gasteiger partial charge on any atom is 0.0945 e. The lowest BCUT2D eigenvalue weighted by Gasteiger charge is -2.28. The third kappa shape index (κ3) is 4.41. The van der Waals surface area contributed by atoms with Gasteiger partial charge in [-0.25, -0.2) is 0 Å². The molecule has 0 bridgehead atoms. The molecular formula is C19H25NO2. The number of benzene rings is 2. The standard InChI is InChI=1S/C19H25NO2/c1-14(2)18(19(22)17-6-4-3-5-7-17)20-12-15-8-10-16(13-21)11-9-15/h3-11,14,18-22H,12-13H2,1-2H3. The molecule has 2 unspecified atom stereocenters. The first-order valence-electron chi connectivity index (χ1n) is 7.77. The third-order valence-electron chi connectivity index (χ3n) is 3.95. The lowest BCUT2D eigenvalue weighted by Crippen LogP contribution is -2.38. The van der Waals surface area contributed by atoms with Crippen molar-refractivity contribution in [3.8, 4) is 0 Å². The van der Waals surface area contributed by atoms with Crippen LogP contribution in [0.25, 0.3) is 0 Å². The highest BCUT2D eigenvalue weighted by atomic mass is 16.3. The Hall–Kier alpha value is -1.68. The molecule has 3 N–H and O–H groups in total. The normalized spacial score (nSPS) is 14.0. The molecule has 0 heterocycles. The van der Waals surface area contributed by atoms with Crippen LogP contribution in [0, 0.1) is 5.92 Å². The lowest BCUT2D eigenvalue weighted by molar-refractivity contribution is 0.104. The van der Waals surface area contributed by atoms with Gasteiger partial charge in [-0.3, -0.25) is 0 Å². The van der Waals surface area contributed by atoms with Crippen molar-refractivity contribution >= 4 is 0 Å². The van der Waals surface area contributed by atoms with Gasteiger partial charge in [0, 0.05) is 12.6 Å². The summed E-state index contributed by atoms with van der Waals surface area (Å²) in [6, 6.07) is 17.6. The molecule has 0 radical (unpaired) electrons. The number of rotatable bonds is 7. The van der Waals surface area contributed by atoms with E-state index < -0.39 is 6.10 Å². The molecule has 22 heavy (non-hydrogen) atoms. The zero-order valence-electron chi connectivity index (χ0n) is 13.2. The van der Waals surface area contributed by atoms with Gasteiger partial charge >= 0.3 is 0 Å². The molecule has 0 saturated heterocycles. The highest BCUT2D eigenvalue weighted by molar-refractivity contribution is 5.22. The third-order valence-corrected chi connectivity index (χ3v) is 3.95. The minimum atomic E-state index is -0.530. The minimum absolute atomic E-state index is 0.0140. The van der Waals surface area contributed by atoms with E-state index in [2.05, 4.69) is 19.2 Å². The van der Waals surface area contributed by atoms with Crippen LogP contribution in [-0.4, -0.2) is 16.3 Å². The van der Waals surface area contributed by atoms with Gasteiger partial charge in [0.2, 0.25) is 0 Å². The lowest BCUT2D eigenvalue weighted by atomic mass is 9.93. The number of nitrogens with one attached hydrogen (secondary N) is 1. The average Bonchev–Trinajstić information content (AvgIpc) is 2.56. The van der Waals surface area contributed by atoms with Gasteiger partial charge in [0.15, 0.2) is 0 Å². The summed E-state index contributed by atoms with van der Waals surface area (Å²) in [6.45, 7) is 4.98. The quantitative estimate of drug-likeness (QED) is 0.736. The van der Waals surface area contributed by atoms with Gasteiger partial charge in [-0.05, 0) is 22.6 Å². The molecule has 0 spiro atoms. The van der Waals surface area contributed by atoms with E-state index in [1.807, 2.05) is 54.6 Å². The molecule has 0 aliphatic carbocycles. The molecule has 0 fully saturated rings. The average molecular weight is 299 g/mol. The van der Waals surface area contributed by atoms with Crippen molar-refractivity contribution < 1.29 is 10.2 Å². The van der Waals surface area contributed by atoms with Crippen molar-refractivity contribution in [1.82, 2.24) is 5.32 Å². The number of aliphatic hydroxyl groups is 2. The molecule has 118 valence electrons. The highest BCUT2D eigenvalue weighted by Crippen LogP contribution is 2.22. The van der Waals surface area contributed by atoms with Crippen molar-refractivity contribution in [2.75, 3.05) is 0 Å². The van der Waals surface area contributed by atoms with Crippen LogP contribution in [0.5, 0.6) is 0 Å². The summed E-state index contributed by atoms with van der Waals surface area (Å²) in [5.74, 6) is 0.312. The Kier molecular flexibility index (Phi) is 6.13. The fourth-order valence-electron chi connectivity index (χ4n) is 2.57. The fraction of sp³-hybridized carbons (Fsp3) is 0.368. The summed E-state index contributed by atoms with van der Waals surface area (Å²) in [4.78, 5) is 0. The second-order valence-corrected chi connectivity index (χ2v) is 5.98. The maximum atomic E-state index is 10.6. The summed E-state index contributed by atoms with van der Waals surface area (Å²) in [6.07, 6.45) is -0.530. The van der Waals surface area contributed by atoms with Gasteiger partial charge in [0.05, 0.1) is 12.7 Å². The van der Waals surface area contributed by atoms with Crippen molar-refractivity contribution in [2.24, 2.45) is 5.92 Å². The minimum Gasteiger partial charge on any atom is -0.392 e. The summed E-state index contributed by atoms with van der Waals surface area (Å²) in [5, 5.41) is 23.1. The Labute approximate surface area is 132 Å². The van der Waals surface area contributed by atoms with Crippen LogP contribution >= 0.6 is 0 Å². The first-order valence-corrected chi connectivity index (χ1v) is 7.77. The number of hydrogen-bond donors (Lipinski definition) is 3. The Morgan fingerprint density at radius 1 is 0.909 bits per heavy atom. The van der Waals surface area contributed by atoms with E-state index in [1.165, 1.54) is 0 Å². The molecule has 2 atom stereocenters. The van der Waals surface area contributed by atoms with Gasteiger partial charge in [-0.1, -0.05) is 68.4 Å². The van der Waals surface area contributed by atoms with Crippen molar-refractivity contribution in [3.63, 3.8) is 0 Å². The number of hydrogen-bond acceptors (Lipinski definition) is 3. The molecule has 0 aliphatic rings. The molecular weight excluding hydrogens is 274 g/mol. The van der Waals surface area contributed by atoms with E-state index >= 15 is 0 Å². The first kappa shape index (κ1) is 16.7. The fourth-order valence-corrected chi connectivity index (χ4v) is 2.57. The Bertz CT molecular complexity index is 551. The predicted octanol–water partition coefficient (Wildman–Crippen LogP) is 3.03. The van der Waals surface area contributed by atoms with E-state index in [-0.39, 0.29) is 12.6 Å². The van der Waals surface area contributed by atoms with Gasteiger partial charge in [0.25, 0.3) is 0 Å². The predicted molar refractivity (Wildman–Crippen MR) is 89.2 cm³/mol. The van der Waals surface area contributed by atoms with Crippen molar-refractivity contribution in [2.45, 2.75) is 39.1 Å². The molecule has 2 rings (SSSR count). The van der Waals surface area contributed by atoms with Crippen LogP contribution in [0.2, 0.25) is 0 Å². The van der Waals surface area contributed by atoms with Gasteiger partial charge in [-0.2, -0.15) is 0 Å². The molecule has 0 aromatic heterocycles.